The van der Waals surface area contributed by atoms with E-state index >= 15 is 0 Å². The number of aromatic nitrogens is 4. The summed E-state index contributed by atoms with van der Waals surface area (Å²) in [5.74, 6) is 0.716. The van der Waals surface area contributed by atoms with Crippen LogP contribution in [0.1, 0.15) is 5.69 Å². The number of nitrogens with one attached hydrogen (secondary N) is 2. The van der Waals surface area contributed by atoms with Crippen molar-refractivity contribution < 1.29 is 5.11 Å². The molecule has 0 aliphatic carbocycles. The van der Waals surface area contributed by atoms with E-state index in [1.165, 1.54) is 0 Å². The fourth-order valence-corrected chi connectivity index (χ4v) is 0.967. The summed E-state index contributed by atoms with van der Waals surface area (Å²) < 4.78 is 0. The molecular formula is C7H8N4O. The minimum Gasteiger partial charge on any atom is -0.390 e. The van der Waals surface area contributed by atoms with Crippen molar-refractivity contribution in [3.8, 4) is 11.4 Å². The van der Waals surface area contributed by atoms with Gasteiger partial charge in [-0.3, -0.25) is 5.10 Å². The maximum atomic E-state index is 8.75. The minimum absolute atomic E-state index is 0.0230. The maximum absolute atomic E-state index is 8.75. The number of aliphatic hydroxyl groups is 1. The third-order valence-electron chi connectivity index (χ3n) is 1.57. The SMILES string of the molecule is OCc1cnc(-c2cn[nH]c2)[nH]1. The summed E-state index contributed by atoms with van der Waals surface area (Å²) in [6.45, 7) is -0.0230. The Balaban J connectivity index is 2.35. The number of nitrogens with zero attached hydrogens (tertiary/aromatic N) is 2. The van der Waals surface area contributed by atoms with Crippen LogP contribution in [0.2, 0.25) is 0 Å². The highest BCUT2D eigenvalue weighted by Crippen LogP contribution is 2.12. The Hall–Kier alpha value is -1.62. The van der Waals surface area contributed by atoms with Gasteiger partial charge in [-0.1, -0.05) is 0 Å². The first kappa shape index (κ1) is 7.05. The molecule has 0 amide bonds. The van der Waals surface area contributed by atoms with E-state index in [0.717, 1.165) is 5.56 Å². The maximum Gasteiger partial charge on any atom is 0.140 e. The lowest BCUT2D eigenvalue weighted by molar-refractivity contribution is 0.277. The lowest BCUT2D eigenvalue weighted by atomic mass is 10.3. The van der Waals surface area contributed by atoms with Crippen LogP contribution in [0.25, 0.3) is 11.4 Å². The van der Waals surface area contributed by atoms with Gasteiger partial charge in [0.2, 0.25) is 0 Å². The van der Waals surface area contributed by atoms with E-state index in [-0.39, 0.29) is 6.61 Å². The molecule has 0 saturated heterocycles. The van der Waals surface area contributed by atoms with Gasteiger partial charge in [0, 0.05) is 6.20 Å². The van der Waals surface area contributed by atoms with Gasteiger partial charge in [0.05, 0.1) is 30.3 Å². The number of aromatic amines is 2. The van der Waals surface area contributed by atoms with Gasteiger partial charge in [0.1, 0.15) is 5.82 Å². The van der Waals surface area contributed by atoms with E-state index in [1.54, 1.807) is 18.6 Å². The van der Waals surface area contributed by atoms with Crippen molar-refractivity contribution in [3.05, 3.63) is 24.3 Å². The van der Waals surface area contributed by atoms with Crippen LogP contribution in [0.4, 0.5) is 0 Å². The number of H-pyrrole nitrogens is 2. The van der Waals surface area contributed by atoms with Crippen LogP contribution in [0.3, 0.4) is 0 Å². The van der Waals surface area contributed by atoms with Gasteiger partial charge in [-0.2, -0.15) is 5.10 Å². The number of imidazole rings is 1. The number of rotatable bonds is 2. The molecule has 0 radical (unpaired) electrons. The summed E-state index contributed by atoms with van der Waals surface area (Å²) in [6.07, 6.45) is 5.00. The molecule has 0 bridgehead atoms. The highest BCUT2D eigenvalue weighted by atomic mass is 16.3. The summed E-state index contributed by atoms with van der Waals surface area (Å²) in [4.78, 5) is 7.00. The molecule has 2 aromatic rings. The van der Waals surface area contributed by atoms with Crippen LogP contribution in [-0.4, -0.2) is 25.3 Å². The number of aliphatic hydroxyl groups excluding tert-OH is 1. The van der Waals surface area contributed by atoms with Crippen LogP contribution in [0.15, 0.2) is 18.6 Å². The smallest absolute Gasteiger partial charge is 0.140 e. The molecule has 0 aromatic carbocycles. The predicted molar refractivity (Wildman–Crippen MR) is 42.1 cm³/mol. The standard InChI is InChI=1S/C7H8N4O/c12-4-6-3-8-7(11-6)5-1-9-10-2-5/h1-3,12H,4H2,(H,8,11)(H,9,10). The predicted octanol–water partition coefficient (Wildman–Crippen LogP) is 0.292. The van der Waals surface area contributed by atoms with Crippen molar-refractivity contribution >= 4 is 0 Å². The second-order valence-electron chi connectivity index (χ2n) is 2.40. The molecule has 3 N–H and O–H groups in total. The summed E-state index contributed by atoms with van der Waals surface area (Å²) in [7, 11) is 0. The molecule has 2 aromatic heterocycles. The minimum atomic E-state index is -0.0230. The molecule has 2 heterocycles. The molecule has 0 fully saturated rings. The second kappa shape index (κ2) is 2.78. The topological polar surface area (TPSA) is 77.6 Å². The van der Waals surface area contributed by atoms with Crippen LogP contribution in [0, 0.1) is 0 Å². The largest absolute Gasteiger partial charge is 0.390 e. The molecule has 0 aliphatic rings. The summed E-state index contributed by atoms with van der Waals surface area (Å²) in [5.41, 5.74) is 1.58. The lowest BCUT2D eigenvalue weighted by Gasteiger charge is -1.87. The normalized spacial score (nSPS) is 10.4. The molecule has 0 unspecified atom stereocenters. The fraction of sp³-hybridized carbons (Fsp3) is 0.143. The van der Waals surface area contributed by atoms with Gasteiger partial charge in [0.15, 0.2) is 0 Å². The van der Waals surface area contributed by atoms with Gasteiger partial charge in [-0.15, -0.1) is 0 Å². The number of hydrogen-bond donors (Lipinski definition) is 3. The number of hydrogen-bond acceptors (Lipinski definition) is 3. The molecule has 0 spiro atoms. The molecule has 5 nitrogen and oxygen atoms in total. The average Bonchev–Trinajstić information content (AvgIpc) is 2.75. The molecule has 12 heavy (non-hydrogen) atoms. The third-order valence-corrected chi connectivity index (χ3v) is 1.57. The van der Waals surface area contributed by atoms with Crippen LogP contribution in [-0.2, 0) is 6.61 Å². The van der Waals surface area contributed by atoms with Crippen molar-refractivity contribution in [1.82, 2.24) is 20.2 Å². The Kier molecular flexibility index (Phi) is 1.64. The van der Waals surface area contributed by atoms with E-state index in [0.29, 0.717) is 11.5 Å². The zero-order valence-corrected chi connectivity index (χ0v) is 6.28. The highest BCUT2D eigenvalue weighted by Gasteiger charge is 2.02. The first-order chi connectivity index (χ1) is 5.90. The van der Waals surface area contributed by atoms with E-state index in [2.05, 4.69) is 20.2 Å². The monoisotopic (exact) mass is 164 g/mol. The first-order valence-electron chi connectivity index (χ1n) is 3.54. The molecule has 0 aliphatic heterocycles. The zero-order valence-electron chi connectivity index (χ0n) is 6.28. The van der Waals surface area contributed by atoms with E-state index < -0.39 is 0 Å². The van der Waals surface area contributed by atoms with E-state index in [1.807, 2.05) is 0 Å². The van der Waals surface area contributed by atoms with Gasteiger partial charge >= 0.3 is 0 Å². The molecule has 62 valence electrons. The lowest BCUT2D eigenvalue weighted by Crippen LogP contribution is -1.81. The Morgan fingerprint density at radius 3 is 2.92 bits per heavy atom. The Labute approximate surface area is 68.5 Å². The van der Waals surface area contributed by atoms with Crippen LogP contribution in [0.5, 0.6) is 0 Å². The molecule has 0 atom stereocenters. The fourth-order valence-electron chi connectivity index (χ4n) is 0.967. The molecule has 5 heteroatoms. The van der Waals surface area contributed by atoms with Crippen LogP contribution < -0.4 is 0 Å². The van der Waals surface area contributed by atoms with Crippen molar-refractivity contribution in [2.45, 2.75) is 6.61 Å². The second-order valence-corrected chi connectivity index (χ2v) is 2.40. The van der Waals surface area contributed by atoms with Crippen molar-refractivity contribution in [2.24, 2.45) is 0 Å². The highest BCUT2D eigenvalue weighted by molar-refractivity contribution is 5.51. The van der Waals surface area contributed by atoms with Crippen molar-refractivity contribution in [1.29, 1.82) is 0 Å². The molecule has 2 rings (SSSR count). The van der Waals surface area contributed by atoms with E-state index in [4.69, 9.17) is 5.11 Å². The average molecular weight is 164 g/mol. The zero-order chi connectivity index (χ0) is 8.39. The van der Waals surface area contributed by atoms with Crippen LogP contribution >= 0.6 is 0 Å². The van der Waals surface area contributed by atoms with Gasteiger partial charge in [-0.25, -0.2) is 4.98 Å². The van der Waals surface area contributed by atoms with E-state index in [9.17, 15) is 0 Å². The summed E-state index contributed by atoms with van der Waals surface area (Å²) >= 11 is 0. The van der Waals surface area contributed by atoms with Gasteiger partial charge in [0.25, 0.3) is 0 Å². The Morgan fingerprint density at radius 1 is 1.42 bits per heavy atom. The summed E-state index contributed by atoms with van der Waals surface area (Å²) in [6, 6.07) is 0. The third kappa shape index (κ3) is 1.10. The molecular weight excluding hydrogens is 156 g/mol. The Morgan fingerprint density at radius 2 is 2.33 bits per heavy atom. The first-order valence-corrected chi connectivity index (χ1v) is 3.54. The van der Waals surface area contributed by atoms with Crippen molar-refractivity contribution in [2.75, 3.05) is 0 Å². The van der Waals surface area contributed by atoms with Gasteiger partial charge in [-0.05, 0) is 0 Å². The van der Waals surface area contributed by atoms with Gasteiger partial charge < -0.3 is 10.1 Å². The molecule has 0 saturated carbocycles. The Bertz CT molecular complexity index is 351. The summed E-state index contributed by atoms with van der Waals surface area (Å²) in [5, 5.41) is 15.2. The quantitative estimate of drug-likeness (QED) is 0.597. The van der Waals surface area contributed by atoms with Crippen molar-refractivity contribution in [3.63, 3.8) is 0 Å².